The van der Waals surface area contributed by atoms with E-state index in [-0.39, 0.29) is 11.5 Å². The first-order chi connectivity index (χ1) is 13.8. The second-order valence-electron chi connectivity index (χ2n) is 7.53. The van der Waals surface area contributed by atoms with E-state index in [1.165, 1.54) is 0 Å². The summed E-state index contributed by atoms with van der Waals surface area (Å²) in [5.74, 6) is 1.96. The maximum Gasteiger partial charge on any atom is 0.257 e. The molecule has 0 aliphatic carbocycles. The van der Waals surface area contributed by atoms with Gasteiger partial charge in [-0.1, -0.05) is 12.1 Å². The Labute approximate surface area is 168 Å². The lowest BCUT2D eigenvalue weighted by Crippen LogP contribution is -2.24. The molecular weight excluding hydrogens is 368 g/mol. The minimum absolute atomic E-state index is 0.298. The number of hydrogen-bond acceptors (Lipinski definition) is 4. The third-order valence-electron chi connectivity index (χ3n) is 4.57. The fraction of sp³-hybridized carbons (Fsp3) is 0.227. The van der Waals surface area contributed by atoms with Crippen LogP contribution in [0.3, 0.4) is 0 Å². The van der Waals surface area contributed by atoms with Crippen molar-refractivity contribution in [1.29, 1.82) is 0 Å². The Balaban J connectivity index is 1.67. The number of nitrogens with one attached hydrogen (secondary N) is 1. The summed E-state index contributed by atoms with van der Waals surface area (Å²) in [6.07, 6.45) is 2.42. The summed E-state index contributed by atoms with van der Waals surface area (Å²) < 4.78 is 13.7. The van der Waals surface area contributed by atoms with Crippen molar-refractivity contribution < 1.29 is 14.3 Å². The van der Waals surface area contributed by atoms with E-state index < -0.39 is 0 Å². The van der Waals surface area contributed by atoms with E-state index in [1.54, 1.807) is 60.4 Å². The van der Waals surface area contributed by atoms with E-state index in [1.807, 2.05) is 13.8 Å². The van der Waals surface area contributed by atoms with Crippen LogP contribution in [0.5, 0.6) is 17.2 Å². The van der Waals surface area contributed by atoms with Crippen LogP contribution in [-0.4, -0.2) is 21.3 Å². The minimum Gasteiger partial charge on any atom is -0.487 e. The number of benzene rings is 2. The predicted molar refractivity (Wildman–Crippen MR) is 109 cm³/mol. The molecule has 7 nitrogen and oxygen atoms in total. The summed E-state index contributed by atoms with van der Waals surface area (Å²) in [6.45, 7) is 11.1. The molecule has 2 heterocycles. The number of aryl methyl sites for hydroxylation is 1. The lowest BCUT2D eigenvalue weighted by molar-refractivity contribution is 0.102. The number of aromatic nitrogens is 2. The average Bonchev–Trinajstić information content (AvgIpc) is 3.23. The van der Waals surface area contributed by atoms with Gasteiger partial charge in [0.15, 0.2) is 11.5 Å². The largest absolute Gasteiger partial charge is 0.487 e. The van der Waals surface area contributed by atoms with Crippen molar-refractivity contribution in [2.45, 2.75) is 25.9 Å². The molecule has 1 aromatic heterocycles. The molecule has 0 saturated carbocycles. The van der Waals surface area contributed by atoms with E-state index in [4.69, 9.17) is 16.0 Å². The molecule has 0 unspecified atom stereocenters. The minimum atomic E-state index is -0.384. The molecule has 2 aromatic carbocycles. The quantitative estimate of drug-likeness (QED) is 0.656. The molecule has 0 fully saturated rings. The molecule has 1 N–H and O–H groups in total. The molecule has 3 aromatic rings. The fourth-order valence-electron chi connectivity index (χ4n) is 3.25. The van der Waals surface area contributed by atoms with Crippen LogP contribution < -0.4 is 14.8 Å². The van der Waals surface area contributed by atoms with Crippen LogP contribution in [-0.2, 0) is 13.5 Å². The van der Waals surface area contributed by atoms with Crippen molar-refractivity contribution in [2.75, 3.05) is 5.32 Å². The lowest BCUT2D eigenvalue weighted by atomic mass is 9.99. The molecular formula is C22H20N4O3. The van der Waals surface area contributed by atoms with Crippen molar-refractivity contribution in [2.24, 2.45) is 7.05 Å². The smallest absolute Gasteiger partial charge is 0.257 e. The van der Waals surface area contributed by atoms with E-state index in [0.29, 0.717) is 40.7 Å². The van der Waals surface area contributed by atoms with E-state index in [0.717, 1.165) is 5.56 Å². The second-order valence-corrected chi connectivity index (χ2v) is 7.53. The summed E-state index contributed by atoms with van der Waals surface area (Å²) in [5, 5.41) is 6.96. The summed E-state index contributed by atoms with van der Waals surface area (Å²) in [5.41, 5.74) is 1.49. The molecule has 146 valence electrons. The molecule has 1 aliphatic rings. The van der Waals surface area contributed by atoms with Gasteiger partial charge in [-0.25, -0.2) is 4.85 Å². The van der Waals surface area contributed by atoms with Gasteiger partial charge in [0.1, 0.15) is 22.8 Å². The van der Waals surface area contributed by atoms with Crippen molar-refractivity contribution in [1.82, 2.24) is 9.78 Å². The molecule has 7 heteroatoms. The second kappa shape index (κ2) is 6.99. The maximum atomic E-state index is 12.8. The van der Waals surface area contributed by atoms with E-state index >= 15 is 0 Å². The van der Waals surface area contributed by atoms with Gasteiger partial charge in [-0.2, -0.15) is 5.10 Å². The number of nitrogens with zero attached hydrogens (tertiary/aromatic N) is 3. The van der Waals surface area contributed by atoms with Gasteiger partial charge in [0.2, 0.25) is 0 Å². The van der Waals surface area contributed by atoms with E-state index in [2.05, 4.69) is 15.3 Å². The number of anilines is 1. The summed E-state index contributed by atoms with van der Waals surface area (Å²) in [4.78, 5) is 16.2. The maximum absolute atomic E-state index is 12.8. The monoisotopic (exact) mass is 388 g/mol. The summed E-state index contributed by atoms with van der Waals surface area (Å²) in [6, 6.07) is 12.0. The van der Waals surface area contributed by atoms with Gasteiger partial charge >= 0.3 is 0 Å². The van der Waals surface area contributed by atoms with Gasteiger partial charge in [-0.15, -0.1) is 0 Å². The van der Waals surface area contributed by atoms with Gasteiger partial charge in [0, 0.05) is 36.9 Å². The Bertz CT molecular complexity index is 1120. The molecule has 0 spiro atoms. The molecule has 1 amide bonds. The van der Waals surface area contributed by atoms with Gasteiger partial charge in [-0.3, -0.25) is 9.48 Å². The first-order valence-corrected chi connectivity index (χ1v) is 9.15. The predicted octanol–water partition coefficient (Wildman–Crippen LogP) is 4.73. The van der Waals surface area contributed by atoms with Crippen LogP contribution in [0.15, 0.2) is 48.7 Å². The zero-order valence-corrected chi connectivity index (χ0v) is 16.4. The van der Waals surface area contributed by atoms with Crippen LogP contribution >= 0.6 is 0 Å². The Morgan fingerprint density at radius 3 is 2.69 bits per heavy atom. The standard InChI is InChI=1S/C22H20N4O3/c1-22(2)13-17-18(28-16-7-5-15(23-3)6-8-16)11-14(12-19(17)29-22)21(27)24-20-9-10-26(4)25-20/h5-12H,13H2,1-2,4H3,(H,24,25,27). The van der Waals surface area contributed by atoms with Crippen molar-refractivity contribution in [3.8, 4) is 17.2 Å². The van der Waals surface area contributed by atoms with Crippen LogP contribution in [0.1, 0.15) is 29.8 Å². The van der Waals surface area contributed by atoms with Gasteiger partial charge in [0.25, 0.3) is 5.91 Å². The van der Waals surface area contributed by atoms with Crippen LogP contribution in [0.4, 0.5) is 11.5 Å². The Kier molecular flexibility index (Phi) is 4.47. The third-order valence-corrected chi connectivity index (χ3v) is 4.57. The summed E-state index contributed by atoms with van der Waals surface area (Å²) in [7, 11) is 1.78. The van der Waals surface area contributed by atoms with Crippen molar-refractivity contribution in [3.05, 3.63) is 71.2 Å². The van der Waals surface area contributed by atoms with Crippen LogP contribution in [0, 0.1) is 6.57 Å². The molecule has 29 heavy (non-hydrogen) atoms. The Hall–Kier alpha value is -3.79. The van der Waals surface area contributed by atoms with Crippen molar-refractivity contribution >= 4 is 17.4 Å². The fourth-order valence-corrected chi connectivity index (χ4v) is 3.25. The highest BCUT2D eigenvalue weighted by molar-refractivity contribution is 6.04. The Morgan fingerprint density at radius 1 is 1.28 bits per heavy atom. The SMILES string of the molecule is [C-]#[N+]c1ccc(Oc2cc(C(=O)Nc3ccn(C)n3)cc3c2CC(C)(C)O3)cc1. The molecule has 0 saturated heterocycles. The first-order valence-electron chi connectivity index (χ1n) is 9.15. The normalized spacial score (nSPS) is 13.9. The number of carbonyl (C=O) groups is 1. The first kappa shape index (κ1) is 18.6. The molecule has 1 aliphatic heterocycles. The number of rotatable bonds is 4. The van der Waals surface area contributed by atoms with Crippen molar-refractivity contribution in [3.63, 3.8) is 0 Å². The zero-order chi connectivity index (χ0) is 20.6. The number of amides is 1. The molecule has 0 atom stereocenters. The molecule has 0 radical (unpaired) electrons. The van der Waals surface area contributed by atoms with Gasteiger partial charge in [0.05, 0.1) is 6.57 Å². The molecule has 4 rings (SSSR count). The topological polar surface area (TPSA) is 69.7 Å². The highest BCUT2D eigenvalue weighted by Crippen LogP contribution is 2.43. The number of fused-ring (bicyclic) bond motifs is 1. The lowest BCUT2D eigenvalue weighted by Gasteiger charge is -2.16. The van der Waals surface area contributed by atoms with Gasteiger partial charge in [-0.05, 0) is 38.1 Å². The van der Waals surface area contributed by atoms with Gasteiger partial charge < -0.3 is 14.8 Å². The van der Waals surface area contributed by atoms with Crippen LogP contribution in [0.2, 0.25) is 0 Å². The van der Waals surface area contributed by atoms with E-state index in [9.17, 15) is 4.79 Å². The zero-order valence-electron chi connectivity index (χ0n) is 16.4. The molecule has 0 bridgehead atoms. The average molecular weight is 388 g/mol. The third kappa shape index (κ3) is 3.92. The highest BCUT2D eigenvalue weighted by Gasteiger charge is 2.34. The highest BCUT2D eigenvalue weighted by atomic mass is 16.5. The van der Waals surface area contributed by atoms with Crippen LogP contribution in [0.25, 0.3) is 4.85 Å². The number of ether oxygens (including phenoxy) is 2. The summed E-state index contributed by atoms with van der Waals surface area (Å²) >= 11 is 0. The Morgan fingerprint density at radius 2 is 2.03 bits per heavy atom. The number of hydrogen-bond donors (Lipinski definition) is 1. The number of carbonyl (C=O) groups excluding carboxylic acids is 1.